The highest BCUT2D eigenvalue weighted by molar-refractivity contribution is 5.91. The summed E-state index contributed by atoms with van der Waals surface area (Å²) in [5.41, 5.74) is 3.65. The van der Waals surface area contributed by atoms with E-state index in [1.54, 1.807) is 6.33 Å². The molecule has 1 aliphatic heterocycles. The van der Waals surface area contributed by atoms with Crippen molar-refractivity contribution in [3.63, 3.8) is 0 Å². The maximum atomic E-state index is 12.7. The molecule has 0 unspecified atom stereocenters. The van der Waals surface area contributed by atoms with Gasteiger partial charge in [0.2, 0.25) is 5.82 Å². The number of amides is 1. The standard InChI is InChI=1S/C16H23N5O/c1-11(2)8-17-14-6-7-20(9-12(14)3)16(22)15-19-18-10-21(15)13-4-5-13/h8,10,13,17H,4-7,9H2,1-3H3. The summed E-state index contributed by atoms with van der Waals surface area (Å²) in [5, 5.41) is 11.3. The van der Waals surface area contributed by atoms with Crippen LogP contribution in [-0.4, -0.2) is 38.7 Å². The molecule has 1 aromatic rings. The number of aromatic nitrogens is 3. The fourth-order valence-corrected chi connectivity index (χ4v) is 2.68. The van der Waals surface area contributed by atoms with Gasteiger partial charge in [-0.3, -0.25) is 4.79 Å². The molecule has 1 saturated carbocycles. The number of allylic oxidation sites excluding steroid dienone is 1. The summed E-state index contributed by atoms with van der Waals surface area (Å²) in [6.45, 7) is 7.56. The van der Waals surface area contributed by atoms with Crippen LogP contribution in [-0.2, 0) is 0 Å². The van der Waals surface area contributed by atoms with Gasteiger partial charge in [-0.2, -0.15) is 0 Å². The largest absolute Gasteiger partial charge is 0.365 e. The normalized spacial score (nSPS) is 18.4. The smallest absolute Gasteiger partial charge is 0.292 e. The minimum absolute atomic E-state index is 0.00925. The Kier molecular flexibility index (Phi) is 4.00. The molecule has 1 aromatic heterocycles. The second-order valence-corrected chi connectivity index (χ2v) is 6.39. The Bertz CT molecular complexity index is 635. The molecule has 1 N–H and O–H groups in total. The van der Waals surface area contributed by atoms with Crippen LogP contribution in [0.3, 0.4) is 0 Å². The van der Waals surface area contributed by atoms with Gasteiger partial charge in [-0.15, -0.1) is 10.2 Å². The van der Waals surface area contributed by atoms with Crippen LogP contribution in [0.15, 0.2) is 29.4 Å². The van der Waals surface area contributed by atoms with E-state index in [-0.39, 0.29) is 5.91 Å². The first-order valence-electron chi connectivity index (χ1n) is 7.83. The minimum atomic E-state index is -0.00925. The van der Waals surface area contributed by atoms with Crippen molar-refractivity contribution in [2.75, 3.05) is 13.1 Å². The molecule has 6 heteroatoms. The lowest BCUT2D eigenvalue weighted by Crippen LogP contribution is -2.39. The summed E-state index contributed by atoms with van der Waals surface area (Å²) in [6, 6.07) is 0.422. The number of hydrogen-bond acceptors (Lipinski definition) is 4. The Morgan fingerprint density at radius 3 is 2.82 bits per heavy atom. The van der Waals surface area contributed by atoms with Crippen LogP contribution in [0, 0.1) is 0 Å². The Morgan fingerprint density at radius 1 is 1.41 bits per heavy atom. The lowest BCUT2D eigenvalue weighted by atomic mass is 10.1. The molecule has 0 aromatic carbocycles. The molecule has 0 radical (unpaired) electrons. The first-order valence-corrected chi connectivity index (χ1v) is 7.83. The van der Waals surface area contributed by atoms with E-state index in [9.17, 15) is 4.79 Å². The molecule has 6 nitrogen and oxygen atoms in total. The van der Waals surface area contributed by atoms with E-state index in [1.807, 2.05) is 15.7 Å². The van der Waals surface area contributed by atoms with Gasteiger partial charge in [-0.05, 0) is 45.4 Å². The summed E-state index contributed by atoms with van der Waals surface area (Å²) in [6.07, 6.45) is 6.78. The maximum absolute atomic E-state index is 12.7. The maximum Gasteiger partial charge on any atom is 0.292 e. The molecule has 0 saturated heterocycles. The van der Waals surface area contributed by atoms with Crippen LogP contribution in [0.1, 0.15) is 56.7 Å². The van der Waals surface area contributed by atoms with Gasteiger partial charge in [0.25, 0.3) is 5.91 Å². The third-order valence-electron chi connectivity index (χ3n) is 4.10. The van der Waals surface area contributed by atoms with Crippen LogP contribution in [0.4, 0.5) is 0 Å². The average Bonchev–Trinajstić information content (AvgIpc) is 3.22. The third kappa shape index (κ3) is 3.05. The van der Waals surface area contributed by atoms with Crippen molar-refractivity contribution < 1.29 is 4.79 Å². The van der Waals surface area contributed by atoms with E-state index in [2.05, 4.69) is 36.3 Å². The van der Waals surface area contributed by atoms with Gasteiger partial charge in [-0.25, -0.2) is 0 Å². The SMILES string of the molecule is CC(C)=CNC1=C(C)CN(C(=O)c2nncn2C2CC2)CC1. The molecular formula is C16H23N5O. The van der Waals surface area contributed by atoms with Gasteiger partial charge < -0.3 is 14.8 Å². The van der Waals surface area contributed by atoms with E-state index >= 15 is 0 Å². The van der Waals surface area contributed by atoms with Crippen molar-refractivity contribution in [1.82, 2.24) is 25.0 Å². The molecule has 0 spiro atoms. The lowest BCUT2D eigenvalue weighted by Gasteiger charge is -2.29. The van der Waals surface area contributed by atoms with Gasteiger partial charge in [0.15, 0.2) is 0 Å². The molecule has 1 fully saturated rings. The first-order chi connectivity index (χ1) is 10.6. The van der Waals surface area contributed by atoms with Crippen LogP contribution in [0.25, 0.3) is 0 Å². The highest BCUT2D eigenvalue weighted by Gasteiger charge is 2.31. The lowest BCUT2D eigenvalue weighted by molar-refractivity contribution is 0.0744. The second-order valence-electron chi connectivity index (χ2n) is 6.39. The molecule has 22 heavy (non-hydrogen) atoms. The number of carbonyl (C=O) groups is 1. The number of nitrogens with zero attached hydrogens (tertiary/aromatic N) is 4. The zero-order chi connectivity index (χ0) is 15.7. The van der Waals surface area contributed by atoms with E-state index in [1.165, 1.54) is 16.8 Å². The predicted molar refractivity (Wildman–Crippen MR) is 84.1 cm³/mol. The molecule has 2 heterocycles. The summed E-state index contributed by atoms with van der Waals surface area (Å²) >= 11 is 0. The monoisotopic (exact) mass is 301 g/mol. The van der Waals surface area contributed by atoms with Crippen molar-refractivity contribution >= 4 is 5.91 Å². The summed E-state index contributed by atoms with van der Waals surface area (Å²) in [4.78, 5) is 14.5. The topological polar surface area (TPSA) is 63.1 Å². The van der Waals surface area contributed by atoms with Gasteiger partial charge >= 0.3 is 0 Å². The number of carbonyl (C=O) groups excluding carboxylic acids is 1. The minimum Gasteiger partial charge on any atom is -0.365 e. The van der Waals surface area contributed by atoms with E-state index in [4.69, 9.17) is 0 Å². The fraction of sp³-hybridized carbons (Fsp3) is 0.562. The highest BCUT2D eigenvalue weighted by atomic mass is 16.2. The number of nitrogens with one attached hydrogen (secondary N) is 1. The first kappa shape index (κ1) is 14.8. The van der Waals surface area contributed by atoms with Crippen molar-refractivity contribution in [3.8, 4) is 0 Å². The van der Waals surface area contributed by atoms with Crippen LogP contribution < -0.4 is 5.32 Å². The molecular weight excluding hydrogens is 278 g/mol. The molecule has 0 atom stereocenters. The molecule has 1 amide bonds. The molecule has 1 aliphatic carbocycles. The average molecular weight is 301 g/mol. The van der Waals surface area contributed by atoms with Gasteiger partial charge in [0.1, 0.15) is 6.33 Å². The van der Waals surface area contributed by atoms with Gasteiger partial charge in [0, 0.05) is 31.2 Å². The quantitative estimate of drug-likeness (QED) is 0.926. The predicted octanol–water partition coefficient (Wildman–Crippen LogP) is 2.25. The Labute approximate surface area is 130 Å². The third-order valence-corrected chi connectivity index (χ3v) is 4.10. The summed E-state index contributed by atoms with van der Waals surface area (Å²) in [7, 11) is 0. The van der Waals surface area contributed by atoms with Crippen molar-refractivity contribution in [1.29, 1.82) is 0 Å². The molecule has 3 rings (SSSR count). The van der Waals surface area contributed by atoms with Gasteiger partial charge in [-0.1, -0.05) is 5.57 Å². The Balaban J connectivity index is 1.70. The summed E-state index contributed by atoms with van der Waals surface area (Å²) < 4.78 is 1.93. The van der Waals surface area contributed by atoms with Crippen molar-refractivity contribution in [3.05, 3.63) is 35.2 Å². The van der Waals surface area contributed by atoms with Crippen LogP contribution in [0.5, 0.6) is 0 Å². The zero-order valence-electron chi connectivity index (χ0n) is 13.5. The van der Waals surface area contributed by atoms with Crippen LogP contribution in [0.2, 0.25) is 0 Å². The number of rotatable bonds is 4. The van der Waals surface area contributed by atoms with E-state index < -0.39 is 0 Å². The van der Waals surface area contributed by atoms with E-state index in [0.717, 1.165) is 19.3 Å². The van der Waals surface area contributed by atoms with Gasteiger partial charge in [0.05, 0.1) is 0 Å². The Hall–Kier alpha value is -2.11. The van der Waals surface area contributed by atoms with Crippen molar-refractivity contribution in [2.45, 2.75) is 46.1 Å². The second kappa shape index (κ2) is 5.94. The molecule has 0 bridgehead atoms. The van der Waals surface area contributed by atoms with E-state index in [0.29, 0.717) is 25.0 Å². The Morgan fingerprint density at radius 2 is 2.18 bits per heavy atom. The highest BCUT2D eigenvalue weighted by Crippen LogP contribution is 2.35. The van der Waals surface area contributed by atoms with Crippen LogP contribution >= 0.6 is 0 Å². The molecule has 118 valence electrons. The van der Waals surface area contributed by atoms with Crippen molar-refractivity contribution in [2.24, 2.45) is 0 Å². The molecule has 2 aliphatic rings. The zero-order valence-corrected chi connectivity index (χ0v) is 13.5. The fourth-order valence-electron chi connectivity index (χ4n) is 2.68. The summed E-state index contributed by atoms with van der Waals surface area (Å²) in [5.74, 6) is 0.473. The number of hydrogen-bond donors (Lipinski definition) is 1.